The van der Waals surface area contributed by atoms with Crippen LogP contribution in [0.25, 0.3) is 0 Å². The number of halogens is 2. The highest BCUT2D eigenvalue weighted by Crippen LogP contribution is 2.40. The van der Waals surface area contributed by atoms with Crippen LogP contribution in [-0.2, 0) is 0 Å². The zero-order valence-electron chi connectivity index (χ0n) is 11.1. The molecule has 0 radical (unpaired) electrons. The number of hydrogen-bond acceptors (Lipinski definition) is 3. The lowest BCUT2D eigenvalue weighted by atomic mass is 9.79. The predicted molar refractivity (Wildman–Crippen MR) is 80.3 cm³/mol. The molecule has 0 amide bonds. The van der Waals surface area contributed by atoms with Crippen molar-refractivity contribution >= 4 is 28.3 Å². The van der Waals surface area contributed by atoms with Crippen molar-refractivity contribution in [3.8, 4) is 5.75 Å². The van der Waals surface area contributed by atoms with E-state index >= 15 is 0 Å². The maximum absolute atomic E-state index is 10.0. The second-order valence-electron chi connectivity index (χ2n) is 5.19. The average molecular weight is 339 g/mol. The number of aliphatic hydroxyl groups is 1. The quantitative estimate of drug-likeness (QED) is 0.793. The first-order valence-corrected chi connectivity index (χ1v) is 6.36. The van der Waals surface area contributed by atoms with Crippen LogP contribution in [0.3, 0.4) is 0 Å². The summed E-state index contributed by atoms with van der Waals surface area (Å²) in [4.78, 5) is 0. The monoisotopic (exact) mass is 337 g/mol. The van der Waals surface area contributed by atoms with E-state index in [0.717, 1.165) is 15.6 Å². The molecule has 0 saturated carbocycles. The molecule has 0 heterocycles. The molecule has 104 valence electrons. The Balaban J connectivity index is 0.00000289. The van der Waals surface area contributed by atoms with Gasteiger partial charge in [-0.25, -0.2) is 0 Å². The number of hydrogen-bond donors (Lipinski definition) is 3. The first-order chi connectivity index (χ1) is 7.72. The van der Waals surface area contributed by atoms with Crippen molar-refractivity contribution in [3.05, 3.63) is 27.2 Å². The molecule has 0 bridgehead atoms. The van der Waals surface area contributed by atoms with Gasteiger partial charge in [-0.15, -0.1) is 12.4 Å². The van der Waals surface area contributed by atoms with Gasteiger partial charge >= 0.3 is 0 Å². The molecule has 1 aromatic carbocycles. The van der Waals surface area contributed by atoms with Crippen molar-refractivity contribution in [2.24, 2.45) is 11.1 Å². The largest absolute Gasteiger partial charge is 0.508 e. The Morgan fingerprint density at radius 3 is 2.33 bits per heavy atom. The lowest BCUT2D eigenvalue weighted by Gasteiger charge is -2.31. The van der Waals surface area contributed by atoms with Crippen molar-refractivity contribution in [3.63, 3.8) is 0 Å². The Morgan fingerprint density at radius 2 is 1.89 bits per heavy atom. The Kier molecular flexibility index (Phi) is 6.14. The molecule has 0 saturated heterocycles. The first-order valence-electron chi connectivity index (χ1n) is 5.57. The van der Waals surface area contributed by atoms with Gasteiger partial charge in [0.1, 0.15) is 5.75 Å². The van der Waals surface area contributed by atoms with Crippen LogP contribution in [0.15, 0.2) is 10.5 Å². The molecule has 1 atom stereocenters. The highest BCUT2D eigenvalue weighted by molar-refractivity contribution is 9.10. The van der Waals surface area contributed by atoms with Gasteiger partial charge < -0.3 is 15.9 Å². The lowest BCUT2D eigenvalue weighted by molar-refractivity contribution is 0.131. The summed E-state index contributed by atoms with van der Waals surface area (Å²) in [5.74, 6) is 0.192. The van der Waals surface area contributed by atoms with Crippen molar-refractivity contribution in [1.82, 2.24) is 0 Å². The molecule has 0 aliphatic carbocycles. The van der Waals surface area contributed by atoms with Gasteiger partial charge in [-0.3, -0.25) is 0 Å². The fraction of sp³-hybridized carbons (Fsp3) is 0.538. The number of aryl methyl sites for hydroxylation is 1. The third-order valence-corrected chi connectivity index (χ3v) is 4.49. The molecule has 0 spiro atoms. The van der Waals surface area contributed by atoms with E-state index in [2.05, 4.69) is 15.9 Å². The van der Waals surface area contributed by atoms with Crippen molar-refractivity contribution in [2.75, 3.05) is 6.61 Å². The van der Waals surface area contributed by atoms with E-state index in [-0.39, 0.29) is 24.8 Å². The summed E-state index contributed by atoms with van der Waals surface area (Å²) < 4.78 is 0.953. The number of nitrogens with two attached hydrogens (primary N) is 1. The summed E-state index contributed by atoms with van der Waals surface area (Å²) in [7, 11) is 0. The van der Waals surface area contributed by atoms with Crippen LogP contribution in [0, 0.1) is 19.3 Å². The minimum absolute atomic E-state index is 0. The van der Waals surface area contributed by atoms with Gasteiger partial charge in [0.15, 0.2) is 0 Å². The second kappa shape index (κ2) is 6.24. The smallest absolute Gasteiger partial charge is 0.120 e. The highest BCUT2D eigenvalue weighted by atomic mass is 79.9. The maximum Gasteiger partial charge on any atom is 0.120 e. The molecule has 1 aromatic rings. The summed E-state index contributed by atoms with van der Waals surface area (Å²) in [5.41, 5.74) is 8.28. The Labute approximate surface area is 123 Å². The van der Waals surface area contributed by atoms with Gasteiger partial charge in [-0.2, -0.15) is 0 Å². The van der Waals surface area contributed by atoms with E-state index < -0.39 is 11.5 Å². The van der Waals surface area contributed by atoms with Crippen LogP contribution in [0.1, 0.15) is 36.6 Å². The van der Waals surface area contributed by atoms with Crippen LogP contribution < -0.4 is 5.73 Å². The van der Waals surface area contributed by atoms with E-state index in [9.17, 15) is 10.2 Å². The summed E-state index contributed by atoms with van der Waals surface area (Å²) >= 11 is 3.49. The van der Waals surface area contributed by atoms with E-state index in [4.69, 9.17) is 5.73 Å². The van der Waals surface area contributed by atoms with Gasteiger partial charge in [-0.1, -0.05) is 29.8 Å². The molecule has 0 unspecified atom stereocenters. The van der Waals surface area contributed by atoms with E-state index in [1.165, 1.54) is 0 Å². The lowest BCUT2D eigenvalue weighted by Crippen LogP contribution is -2.33. The molecule has 0 aliphatic rings. The van der Waals surface area contributed by atoms with Gasteiger partial charge in [-0.05, 0) is 31.0 Å². The first kappa shape index (κ1) is 17.7. The van der Waals surface area contributed by atoms with E-state index in [1.54, 1.807) is 6.07 Å². The molecule has 0 aromatic heterocycles. The number of aliphatic hydroxyl groups excluding tert-OH is 1. The van der Waals surface area contributed by atoms with Crippen LogP contribution in [-0.4, -0.2) is 16.8 Å². The van der Waals surface area contributed by atoms with Crippen molar-refractivity contribution in [2.45, 2.75) is 33.7 Å². The van der Waals surface area contributed by atoms with Gasteiger partial charge in [0.05, 0.1) is 0 Å². The van der Waals surface area contributed by atoms with Crippen LogP contribution in [0.4, 0.5) is 0 Å². The topological polar surface area (TPSA) is 66.5 Å². The van der Waals surface area contributed by atoms with Crippen molar-refractivity contribution < 1.29 is 10.2 Å². The minimum Gasteiger partial charge on any atom is -0.508 e. The van der Waals surface area contributed by atoms with Crippen LogP contribution in [0.2, 0.25) is 0 Å². The number of rotatable bonds is 3. The number of benzene rings is 1. The number of phenols is 1. The SMILES string of the molecule is Cc1cc(O)c([C@H](N)C(C)(C)CO)c(C)c1Br.Cl. The third-order valence-electron chi connectivity index (χ3n) is 3.27. The fourth-order valence-corrected chi connectivity index (χ4v) is 2.16. The van der Waals surface area contributed by atoms with Gasteiger partial charge in [0, 0.05) is 28.1 Å². The molecular formula is C13H21BrClNO2. The van der Waals surface area contributed by atoms with E-state index in [1.807, 2.05) is 27.7 Å². The Bertz CT molecular complexity index is 435. The summed E-state index contributed by atoms with van der Waals surface area (Å²) in [6.45, 7) is 7.57. The molecule has 4 N–H and O–H groups in total. The zero-order valence-corrected chi connectivity index (χ0v) is 13.5. The average Bonchev–Trinajstić information content (AvgIpc) is 2.26. The minimum atomic E-state index is -0.475. The van der Waals surface area contributed by atoms with E-state index in [0.29, 0.717) is 5.56 Å². The molecule has 0 aliphatic heterocycles. The van der Waals surface area contributed by atoms with Crippen LogP contribution in [0.5, 0.6) is 5.75 Å². The highest BCUT2D eigenvalue weighted by Gasteiger charge is 2.30. The Morgan fingerprint density at radius 1 is 1.39 bits per heavy atom. The molecule has 1 rings (SSSR count). The normalized spacial score (nSPS) is 13.1. The number of phenolic OH excluding ortho intramolecular Hbond substituents is 1. The zero-order chi connectivity index (χ0) is 13.4. The van der Waals surface area contributed by atoms with Crippen molar-refractivity contribution in [1.29, 1.82) is 0 Å². The third kappa shape index (κ3) is 3.18. The summed E-state index contributed by atoms with van der Waals surface area (Å²) in [6, 6.07) is 1.28. The van der Waals surface area contributed by atoms with Gasteiger partial charge in [0.25, 0.3) is 0 Å². The van der Waals surface area contributed by atoms with Gasteiger partial charge in [0.2, 0.25) is 0 Å². The Hall–Kier alpha value is -0.290. The maximum atomic E-state index is 10.0. The number of aromatic hydroxyl groups is 1. The molecule has 3 nitrogen and oxygen atoms in total. The predicted octanol–water partition coefficient (Wildman–Crippen LogP) is 3.21. The summed E-state index contributed by atoms with van der Waals surface area (Å²) in [6.07, 6.45) is 0. The molecular weight excluding hydrogens is 318 g/mol. The molecule has 0 fully saturated rings. The molecule has 5 heteroatoms. The standard InChI is InChI=1S/C13H20BrNO2.ClH/c1-7-5-9(17)10(8(2)11(7)14)12(15)13(3,4)6-16;/h5,12,16-17H,6,15H2,1-4H3;1H/t12-;/m0./s1. The summed E-state index contributed by atoms with van der Waals surface area (Å²) in [5, 5.41) is 19.4. The molecule has 18 heavy (non-hydrogen) atoms. The van der Waals surface area contributed by atoms with Crippen LogP contribution >= 0.6 is 28.3 Å². The second-order valence-corrected chi connectivity index (χ2v) is 5.98. The fourth-order valence-electron chi connectivity index (χ4n) is 1.83.